The fourth-order valence-corrected chi connectivity index (χ4v) is 2.10. The lowest BCUT2D eigenvalue weighted by atomic mass is 9.93. The Bertz CT molecular complexity index is 202. The summed E-state index contributed by atoms with van der Waals surface area (Å²) in [6.45, 7) is 8.84. The predicted molar refractivity (Wildman–Crippen MR) is 48.4 cm³/mol. The van der Waals surface area contributed by atoms with Crippen LogP contribution in [0.15, 0.2) is 0 Å². The van der Waals surface area contributed by atoms with Gasteiger partial charge in [0.25, 0.3) is 0 Å². The zero-order valence-electron chi connectivity index (χ0n) is 8.74. The van der Waals surface area contributed by atoms with Gasteiger partial charge in [-0.3, -0.25) is 0 Å². The summed E-state index contributed by atoms with van der Waals surface area (Å²) in [5, 5.41) is 0. The highest BCUT2D eigenvalue weighted by atomic mass is 16.8. The van der Waals surface area contributed by atoms with Crippen LogP contribution >= 0.6 is 0 Å². The van der Waals surface area contributed by atoms with Crippen molar-refractivity contribution in [2.75, 3.05) is 6.61 Å². The fourth-order valence-electron chi connectivity index (χ4n) is 2.10. The molecule has 0 aliphatic carbocycles. The lowest BCUT2D eigenvalue weighted by molar-refractivity contribution is -0.148. The Balaban J connectivity index is 2.11. The molecule has 13 heavy (non-hydrogen) atoms. The predicted octanol–water partition coefficient (Wildman–Crippen LogP) is 1.56. The first-order chi connectivity index (χ1) is 5.99. The fraction of sp³-hybridized carbons (Fsp3) is 1.00. The molecule has 76 valence electrons. The Morgan fingerprint density at radius 3 is 2.54 bits per heavy atom. The van der Waals surface area contributed by atoms with Crippen molar-refractivity contribution in [3.05, 3.63) is 0 Å². The molecule has 0 spiro atoms. The number of fused-ring (bicyclic) bond motifs is 1. The molecule has 0 radical (unpaired) electrons. The Labute approximate surface area is 79.4 Å². The van der Waals surface area contributed by atoms with Gasteiger partial charge in [-0.2, -0.15) is 0 Å². The maximum Gasteiger partial charge on any atom is 0.163 e. The van der Waals surface area contributed by atoms with E-state index >= 15 is 0 Å². The molecular formula is C10H18O3. The van der Waals surface area contributed by atoms with Gasteiger partial charge < -0.3 is 14.2 Å². The Morgan fingerprint density at radius 1 is 1.15 bits per heavy atom. The Hall–Kier alpha value is -0.120. The quantitative estimate of drug-likeness (QED) is 0.574. The normalized spacial score (nSPS) is 48.9. The second-order valence-corrected chi connectivity index (χ2v) is 4.54. The van der Waals surface area contributed by atoms with Crippen LogP contribution in [0.1, 0.15) is 27.7 Å². The summed E-state index contributed by atoms with van der Waals surface area (Å²) in [4.78, 5) is 0. The molecule has 3 heteroatoms. The van der Waals surface area contributed by atoms with Crippen LogP contribution in [0.2, 0.25) is 0 Å². The van der Waals surface area contributed by atoms with Crippen molar-refractivity contribution in [1.82, 2.24) is 0 Å². The first kappa shape index (κ1) is 9.44. The SMILES string of the molecule is C[C@H]1[C@@H]2OC(C)(C)O[C@@H]2CO[C@H]1C. The van der Waals surface area contributed by atoms with Gasteiger partial charge in [0.05, 0.1) is 18.8 Å². The van der Waals surface area contributed by atoms with Gasteiger partial charge in [-0.25, -0.2) is 0 Å². The molecule has 0 aromatic heterocycles. The molecule has 4 atom stereocenters. The summed E-state index contributed by atoms with van der Waals surface area (Å²) in [6.07, 6.45) is 0.610. The summed E-state index contributed by atoms with van der Waals surface area (Å²) in [5.74, 6) is -0.0164. The van der Waals surface area contributed by atoms with Gasteiger partial charge in [0.1, 0.15) is 6.10 Å². The molecule has 2 saturated heterocycles. The molecule has 2 aliphatic rings. The van der Waals surface area contributed by atoms with Crippen molar-refractivity contribution in [2.24, 2.45) is 5.92 Å². The molecule has 0 N–H and O–H groups in total. The summed E-state index contributed by atoms with van der Waals surface area (Å²) in [6, 6.07) is 0. The van der Waals surface area contributed by atoms with Crippen molar-refractivity contribution < 1.29 is 14.2 Å². The van der Waals surface area contributed by atoms with Crippen LogP contribution in [0.5, 0.6) is 0 Å². The molecule has 0 bridgehead atoms. The van der Waals surface area contributed by atoms with Crippen LogP contribution in [0.4, 0.5) is 0 Å². The second kappa shape index (κ2) is 2.94. The maximum absolute atomic E-state index is 5.83. The van der Waals surface area contributed by atoms with Crippen molar-refractivity contribution in [2.45, 2.75) is 51.8 Å². The molecule has 0 unspecified atom stereocenters. The minimum atomic E-state index is -0.434. The highest BCUT2D eigenvalue weighted by Crippen LogP contribution is 2.36. The first-order valence-electron chi connectivity index (χ1n) is 4.97. The Kier molecular flexibility index (Phi) is 2.13. The molecule has 0 aromatic carbocycles. The number of hydrogen-bond acceptors (Lipinski definition) is 3. The van der Waals surface area contributed by atoms with Crippen LogP contribution in [0.3, 0.4) is 0 Å². The van der Waals surface area contributed by atoms with E-state index in [9.17, 15) is 0 Å². The average molecular weight is 186 g/mol. The highest BCUT2D eigenvalue weighted by Gasteiger charge is 2.47. The van der Waals surface area contributed by atoms with Crippen molar-refractivity contribution >= 4 is 0 Å². The third-order valence-corrected chi connectivity index (χ3v) is 3.00. The Morgan fingerprint density at radius 2 is 1.85 bits per heavy atom. The molecule has 2 fully saturated rings. The van der Waals surface area contributed by atoms with Crippen LogP contribution in [0.25, 0.3) is 0 Å². The third-order valence-electron chi connectivity index (χ3n) is 3.00. The molecular weight excluding hydrogens is 168 g/mol. The summed E-state index contributed by atoms with van der Waals surface area (Å²) < 4.78 is 17.1. The average Bonchev–Trinajstić information content (AvgIpc) is 2.34. The van der Waals surface area contributed by atoms with E-state index in [0.717, 1.165) is 0 Å². The van der Waals surface area contributed by atoms with Crippen LogP contribution in [0, 0.1) is 5.92 Å². The van der Waals surface area contributed by atoms with E-state index in [2.05, 4.69) is 13.8 Å². The van der Waals surface area contributed by atoms with Gasteiger partial charge in [0, 0.05) is 5.92 Å². The largest absolute Gasteiger partial charge is 0.375 e. The van der Waals surface area contributed by atoms with Crippen molar-refractivity contribution in [3.8, 4) is 0 Å². The molecule has 0 aromatic rings. The lowest BCUT2D eigenvalue weighted by Gasteiger charge is -2.33. The smallest absolute Gasteiger partial charge is 0.163 e. The number of rotatable bonds is 0. The highest BCUT2D eigenvalue weighted by molar-refractivity contribution is 4.90. The van der Waals surface area contributed by atoms with Crippen molar-refractivity contribution in [3.63, 3.8) is 0 Å². The van der Waals surface area contributed by atoms with Gasteiger partial charge in [-0.1, -0.05) is 6.92 Å². The van der Waals surface area contributed by atoms with Crippen LogP contribution in [-0.4, -0.2) is 30.7 Å². The number of hydrogen-bond donors (Lipinski definition) is 0. The van der Waals surface area contributed by atoms with Crippen molar-refractivity contribution in [1.29, 1.82) is 0 Å². The molecule has 0 saturated carbocycles. The summed E-state index contributed by atoms with van der Waals surface area (Å²) in [7, 11) is 0. The van der Waals surface area contributed by atoms with E-state index in [1.807, 2.05) is 13.8 Å². The maximum atomic E-state index is 5.83. The van der Waals surface area contributed by atoms with Gasteiger partial charge in [-0.15, -0.1) is 0 Å². The first-order valence-corrected chi connectivity index (χ1v) is 4.97. The third kappa shape index (κ3) is 1.60. The van der Waals surface area contributed by atoms with Crippen LogP contribution in [-0.2, 0) is 14.2 Å². The second-order valence-electron chi connectivity index (χ2n) is 4.54. The van der Waals surface area contributed by atoms with E-state index in [1.54, 1.807) is 0 Å². The number of ether oxygens (including phenoxy) is 3. The van der Waals surface area contributed by atoms with E-state index in [4.69, 9.17) is 14.2 Å². The summed E-state index contributed by atoms with van der Waals surface area (Å²) >= 11 is 0. The topological polar surface area (TPSA) is 27.7 Å². The van der Waals surface area contributed by atoms with E-state index < -0.39 is 5.79 Å². The van der Waals surface area contributed by atoms with Gasteiger partial charge in [0.15, 0.2) is 5.79 Å². The van der Waals surface area contributed by atoms with Crippen LogP contribution < -0.4 is 0 Å². The monoisotopic (exact) mass is 186 g/mol. The van der Waals surface area contributed by atoms with Gasteiger partial charge in [0.2, 0.25) is 0 Å². The molecule has 2 rings (SSSR count). The summed E-state index contributed by atoms with van der Waals surface area (Å²) in [5.41, 5.74) is 0. The molecule has 2 heterocycles. The molecule has 0 amide bonds. The van der Waals surface area contributed by atoms with E-state index in [1.165, 1.54) is 0 Å². The molecule has 3 nitrogen and oxygen atoms in total. The van der Waals surface area contributed by atoms with Gasteiger partial charge in [-0.05, 0) is 20.8 Å². The van der Waals surface area contributed by atoms with E-state index in [0.29, 0.717) is 12.5 Å². The lowest BCUT2D eigenvalue weighted by Crippen LogP contribution is -2.45. The minimum Gasteiger partial charge on any atom is -0.375 e. The minimum absolute atomic E-state index is 0.126. The zero-order chi connectivity index (χ0) is 9.64. The van der Waals surface area contributed by atoms with E-state index in [-0.39, 0.29) is 18.3 Å². The standard InChI is InChI=1S/C10H18O3/c1-6-7(2)11-5-8-9(6)13-10(3,4)12-8/h6-9H,5H2,1-4H3/t6-,7+,8-,9+/m1/s1. The zero-order valence-corrected chi connectivity index (χ0v) is 8.74. The van der Waals surface area contributed by atoms with Gasteiger partial charge >= 0.3 is 0 Å². The molecule has 2 aliphatic heterocycles.